The van der Waals surface area contributed by atoms with Gasteiger partial charge in [-0.05, 0) is 0 Å². The van der Waals surface area contributed by atoms with Crippen molar-refractivity contribution in [2.24, 2.45) is 5.73 Å². The number of nitrogens with zero attached hydrogens (tertiary/aromatic N) is 1. The molecule has 1 aliphatic rings. The molecular weight excluding hydrogens is 258 g/mol. The fourth-order valence-electron chi connectivity index (χ4n) is 1.93. The van der Waals surface area contributed by atoms with Crippen LogP contribution in [0, 0.1) is 0 Å². The summed E-state index contributed by atoms with van der Waals surface area (Å²) in [6.07, 6.45) is -1.01. The van der Waals surface area contributed by atoms with Crippen LogP contribution in [0.15, 0.2) is 0 Å². The van der Waals surface area contributed by atoms with Crippen LogP contribution < -0.4 is 11.1 Å². The molecular formula is C10H17N3O6. The third kappa shape index (κ3) is 3.63. The number of aliphatic hydroxyl groups excluding tert-OH is 2. The van der Waals surface area contributed by atoms with Crippen LogP contribution in [0.1, 0.15) is 6.42 Å². The number of likely N-dealkylation sites (tertiary alicyclic amines) is 1. The van der Waals surface area contributed by atoms with E-state index in [0.717, 1.165) is 4.90 Å². The number of nitrogens with one attached hydrogen (secondary N) is 1. The summed E-state index contributed by atoms with van der Waals surface area (Å²) in [5.74, 6) is -2.64. The first-order valence-electron chi connectivity index (χ1n) is 5.72. The largest absolute Gasteiger partial charge is 0.480 e. The van der Waals surface area contributed by atoms with Crippen molar-refractivity contribution in [3.05, 3.63) is 0 Å². The van der Waals surface area contributed by atoms with Crippen LogP contribution in [0.3, 0.4) is 0 Å². The second kappa shape index (κ2) is 6.45. The van der Waals surface area contributed by atoms with Gasteiger partial charge in [0.1, 0.15) is 12.1 Å². The molecule has 9 heteroatoms. The van der Waals surface area contributed by atoms with Crippen LogP contribution in [0.5, 0.6) is 0 Å². The number of amides is 2. The van der Waals surface area contributed by atoms with Gasteiger partial charge in [0.2, 0.25) is 11.8 Å². The number of carboxylic acids is 1. The highest BCUT2D eigenvalue weighted by Crippen LogP contribution is 2.19. The van der Waals surface area contributed by atoms with E-state index in [4.69, 9.17) is 15.9 Å². The summed E-state index contributed by atoms with van der Waals surface area (Å²) in [6.45, 7) is -1.18. The molecule has 0 aromatic heterocycles. The molecule has 6 N–H and O–H groups in total. The van der Waals surface area contributed by atoms with E-state index in [-0.39, 0.29) is 19.5 Å². The number of hydrogen-bond acceptors (Lipinski definition) is 6. The number of β-amino-alcohol motifs (C(OH)–C–C–N with tert-alkyl or cyclic N) is 1. The number of aliphatic hydroxyl groups is 2. The third-order valence-corrected chi connectivity index (χ3v) is 2.85. The van der Waals surface area contributed by atoms with Gasteiger partial charge in [-0.3, -0.25) is 9.59 Å². The second-order valence-corrected chi connectivity index (χ2v) is 4.24. The van der Waals surface area contributed by atoms with E-state index in [0.29, 0.717) is 0 Å². The summed E-state index contributed by atoms with van der Waals surface area (Å²) >= 11 is 0. The molecule has 1 fully saturated rings. The molecule has 1 heterocycles. The molecule has 0 bridgehead atoms. The number of hydrogen-bond donors (Lipinski definition) is 5. The summed E-state index contributed by atoms with van der Waals surface area (Å²) in [6, 6.07) is -2.42. The van der Waals surface area contributed by atoms with E-state index in [1.165, 1.54) is 0 Å². The molecule has 0 saturated carbocycles. The Morgan fingerprint density at radius 1 is 1.42 bits per heavy atom. The summed E-state index contributed by atoms with van der Waals surface area (Å²) in [5, 5.41) is 29.6. The standard InChI is InChI=1S/C10H17N3O6/c11-2-8(16)12-6(4-14)9(17)13-3-5(15)1-7(13)10(18)19/h5-7,14-15H,1-4,11H2,(H,12,16)(H,18,19)/t5-,6+,7+/m1/s1. The zero-order chi connectivity index (χ0) is 14.6. The van der Waals surface area contributed by atoms with E-state index in [2.05, 4.69) is 5.32 Å². The molecule has 108 valence electrons. The Morgan fingerprint density at radius 3 is 2.53 bits per heavy atom. The van der Waals surface area contributed by atoms with Gasteiger partial charge in [-0.15, -0.1) is 0 Å². The lowest BCUT2D eigenvalue weighted by Gasteiger charge is -2.26. The van der Waals surface area contributed by atoms with Gasteiger partial charge in [-0.25, -0.2) is 4.79 Å². The van der Waals surface area contributed by atoms with Gasteiger partial charge in [0.15, 0.2) is 0 Å². The van der Waals surface area contributed by atoms with Gasteiger partial charge in [-0.1, -0.05) is 0 Å². The van der Waals surface area contributed by atoms with Crippen LogP contribution in [-0.4, -0.2) is 75.9 Å². The van der Waals surface area contributed by atoms with Gasteiger partial charge in [-0.2, -0.15) is 0 Å². The number of rotatable bonds is 5. The molecule has 0 aromatic rings. The SMILES string of the molecule is NCC(=O)N[C@@H](CO)C(=O)N1C[C@H](O)C[C@H]1C(=O)O. The maximum absolute atomic E-state index is 12.0. The molecule has 2 amide bonds. The van der Waals surface area contributed by atoms with Gasteiger partial charge in [0, 0.05) is 13.0 Å². The van der Waals surface area contributed by atoms with Crippen molar-refractivity contribution in [1.82, 2.24) is 10.2 Å². The molecule has 0 spiro atoms. The van der Waals surface area contributed by atoms with Crippen LogP contribution >= 0.6 is 0 Å². The van der Waals surface area contributed by atoms with Crippen molar-refractivity contribution in [3.63, 3.8) is 0 Å². The summed E-state index contributed by atoms with van der Waals surface area (Å²) in [5.41, 5.74) is 5.07. The van der Waals surface area contributed by atoms with Crippen molar-refractivity contribution in [2.45, 2.75) is 24.6 Å². The number of carbonyl (C=O) groups excluding carboxylic acids is 2. The van der Waals surface area contributed by atoms with Crippen LogP contribution in [0.4, 0.5) is 0 Å². The van der Waals surface area contributed by atoms with Gasteiger partial charge < -0.3 is 31.3 Å². The van der Waals surface area contributed by atoms with Crippen molar-refractivity contribution in [2.75, 3.05) is 19.7 Å². The minimum absolute atomic E-state index is 0.0793. The highest BCUT2D eigenvalue weighted by Gasteiger charge is 2.41. The topological polar surface area (TPSA) is 153 Å². The Morgan fingerprint density at radius 2 is 2.05 bits per heavy atom. The molecule has 19 heavy (non-hydrogen) atoms. The van der Waals surface area contributed by atoms with Crippen LogP contribution in [0.2, 0.25) is 0 Å². The maximum Gasteiger partial charge on any atom is 0.326 e. The lowest BCUT2D eigenvalue weighted by molar-refractivity contribution is -0.149. The Bertz CT molecular complexity index is 374. The van der Waals surface area contributed by atoms with E-state index < -0.39 is 42.6 Å². The smallest absolute Gasteiger partial charge is 0.326 e. The van der Waals surface area contributed by atoms with Crippen molar-refractivity contribution >= 4 is 17.8 Å². The number of aliphatic carboxylic acids is 1. The second-order valence-electron chi connectivity index (χ2n) is 4.24. The Labute approximate surface area is 109 Å². The number of nitrogens with two attached hydrogens (primary N) is 1. The zero-order valence-corrected chi connectivity index (χ0v) is 10.2. The molecule has 0 radical (unpaired) electrons. The lowest BCUT2D eigenvalue weighted by Crippen LogP contribution is -2.54. The van der Waals surface area contributed by atoms with Crippen LogP contribution in [0.25, 0.3) is 0 Å². The minimum Gasteiger partial charge on any atom is -0.480 e. The Hall–Kier alpha value is -1.71. The Kier molecular flexibility index (Phi) is 5.21. The summed E-state index contributed by atoms with van der Waals surface area (Å²) in [7, 11) is 0. The Balaban J connectivity index is 2.78. The van der Waals surface area contributed by atoms with Crippen molar-refractivity contribution in [1.29, 1.82) is 0 Å². The highest BCUT2D eigenvalue weighted by molar-refractivity contribution is 5.91. The molecule has 0 aliphatic carbocycles. The van der Waals surface area contributed by atoms with Gasteiger partial charge in [0.05, 0.1) is 19.3 Å². The first-order valence-corrected chi connectivity index (χ1v) is 5.72. The van der Waals surface area contributed by atoms with E-state index in [1.54, 1.807) is 0 Å². The highest BCUT2D eigenvalue weighted by atomic mass is 16.4. The molecule has 0 aromatic carbocycles. The average molecular weight is 275 g/mol. The maximum atomic E-state index is 12.0. The summed E-state index contributed by atoms with van der Waals surface area (Å²) < 4.78 is 0. The fraction of sp³-hybridized carbons (Fsp3) is 0.700. The van der Waals surface area contributed by atoms with Gasteiger partial charge in [0.25, 0.3) is 0 Å². The molecule has 1 aliphatic heterocycles. The molecule has 9 nitrogen and oxygen atoms in total. The monoisotopic (exact) mass is 275 g/mol. The third-order valence-electron chi connectivity index (χ3n) is 2.85. The minimum atomic E-state index is -1.26. The quantitative estimate of drug-likeness (QED) is 0.348. The van der Waals surface area contributed by atoms with Crippen molar-refractivity contribution < 1.29 is 29.7 Å². The van der Waals surface area contributed by atoms with E-state index in [9.17, 15) is 19.5 Å². The summed E-state index contributed by atoms with van der Waals surface area (Å²) in [4.78, 5) is 35.0. The molecule has 1 rings (SSSR count). The average Bonchev–Trinajstić information content (AvgIpc) is 2.77. The number of carbonyl (C=O) groups is 3. The predicted molar refractivity (Wildman–Crippen MR) is 61.8 cm³/mol. The van der Waals surface area contributed by atoms with Gasteiger partial charge >= 0.3 is 5.97 Å². The first kappa shape index (κ1) is 15.3. The fourth-order valence-corrected chi connectivity index (χ4v) is 1.93. The normalized spacial score (nSPS) is 24.1. The molecule has 1 saturated heterocycles. The first-order chi connectivity index (χ1) is 8.90. The molecule has 0 unspecified atom stereocenters. The molecule has 3 atom stereocenters. The lowest BCUT2D eigenvalue weighted by atomic mass is 10.2. The zero-order valence-electron chi connectivity index (χ0n) is 10.2. The van der Waals surface area contributed by atoms with E-state index >= 15 is 0 Å². The van der Waals surface area contributed by atoms with Crippen LogP contribution in [-0.2, 0) is 14.4 Å². The number of carboxylic acid groups (broad SMARTS) is 1. The predicted octanol–water partition coefficient (Wildman–Crippen LogP) is -3.53. The van der Waals surface area contributed by atoms with E-state index in [1.807, 2.05) is 0 Å². The van der Waals surface area contributed by atoms with Crippen molar-refractivity contribution in [3.8, 4) is 0 Å².